The summed E-state index contributed by atoms with van der Waals surface area (Å²) in [4.78, 5) is 0. The highest BCUT2D eigenvalue weighted by atomic mass is 16.5. The third-order valence-electron chi connectivity index (χ3n) is 2.93. The van der Waals surface area contributed by atoms with Crippen molar-refractivity contribution in [1.82, 2.24) is 9.78 Å². The summed E-state index contributed by atoms with van der Waals surface area (Å²) in [5, 5.41) is 7.80. The molecular weight excluding hydrogens is 226 g/mol. The normalized spacial score (nSPS) is 10.4. The molecule has 0 fully saturated rings. The molecule has 4 heteroatoms. The molecule has 1 aromatic heterocycles. The molecule has 0 aliphatic rings. The zero-order valence-electron chi connectivity index (χ0n) is 11.1. The van der Waals surface area contributed by atoms with Gasteiger partial charge in [-0.2, -0.15) is 5.10 Å². The van der Waals surface area contributed by atoms with Crippen LogP contribution in [0.5, 0.6) is 5.75 Å². The van der Waals surface area contributed by atoms with Gasteiger partial charge in [0.2, 0.25) is 0 Å². The smallest absolute Gasteiger partial charge is 0.123 e. The van der Waals surface area contributed by atoms with E-state index in [0.29, 0.717) is 0 Å². The predicted molar refractivity (Wildman–Crippen MR) is 73.0 cm³/mol. The van der Waals surface area contributed by atoms with Crippen molar-refractivity contribution >= 4 is 5.69 Å². The van der Waals surface area contributed by atoms with E-state index in [1.54, 1.807) is 7.11 Å². The molecule has 1 heterocycles. The second kappa shape index (κ2) is 5.58. The fraction of sp³-hybridized carbons (Fsp3) is 0.357. The SMILES string of the molecule is CCn1cc(NCc2ccccc2OC)c(C)n1. The Kier molecular flexibility index (Phi) is 3.87. The number of aryl methyl sites for hydroxylation is 2. The first-order valence-electron chi connectivity index (χ1n) is 6.14. The monoisotopic (exact) mass is 245 g/mol. The molecule has 2 rings (SSSR count). The number of rotatable bonds is 5. The molecule has 0 amide bonds. The van der Waals surface area contributed by atoms with Crippen LogP contribution in [0.1, 0.15) is 18.2 Å². The van der Waals surface area contributed by atoms with Crippen LogP contribution >= 0.6 is 0 Å². The van der Waals surface area contributed by atoms with Crippen molar-refractivity contribution in [3.05, 3.63) is 41.7 Å². The van der Waals surface area contributed by atoms with E-state index in [2.05, 4.69) is 23.4 Å². The van der Waals surface area contributed by atoms with Crippen molar-refractivity contribution in [2.24, 2.45) is 0 Å². The first-order valence-corrected chi connectivity index (χ1v) is 6.14. The Morgan fingerprint density at radius 3 is 2.78 bits per heavy atom. The lowest BCUT2D eigenvalue weighted by molar-refractivity contribution is 0.410. The van der Waals surface area contributed by atoms with Gasteiger partial charge in [0.25, 0.3) is 0 Å². The van der Waals surface area contributed by atoms with E-state index in [1.165, 1.54) is 0 Å². The van der Waals surface area contributed by atoms with Crippen LogP contribution < -0.4 is 10.1 Å². The maximum absolute atomic E-state index is 5.33. The average molecular weight is 245 g/mol. The number of methoxy groups -OCH3 is 1. The van der Waals surface area contributed by atoms with Crippen molar-refractivity contribution in [3.63, 3.8) is 0 Å². The molecule has 0 radical (unpaired) electrons. The second-order valence-electron chi connectivity index (χ2n) is 4.15. The van der Waals surface area contributed by atoms with E-state index in [4.69, 9.17) is 4.74 Å². The Bertz CT molecular complexity index is 520. The van der Waals surface area contributed by atoms with Crippen molar-refractivity contribution in [3.8, 4) is 5.75 Å². The molecule has 0 saturated carbocycles. The first-order chi connectivity index (χ1) is 8.74. The molecule has 1 aromatic carbocycles. The minimum absolute atomic E-state index is 0.736. The highest BCUT2D eigenvalue weighted by molar-refractivity contribution is 5.47. The highest BCUT2D eigenvalue weighted by Crippen LogP contribution is 2.20. The number of para-hydroxylation sites is 1. The zero-order valence-corrected chi connectivity index (χ0v) is 11.1. The van der Waals surface area contributed by atoms with E-state index >= 15 is 0 Å². The molecule has 0 aliphatic heterocycles. The number of nitrogens with zero attached hydrogens (tertiary/aromatic N) is 2. The van der Waals surface area contributed by atoms with E-state index in [1.807, 2.05) is 36.0 Å². The summed E-state index contributed by atoms with van der Waals surface area (Å²) in [5.74, 6) is 0.908. The van der Waals surface area contributed by atoms with Crippen LogP contribution in [0.4, 0.5) is 5.69 Å². The van der Waals surface area contributed by atoms with Crippen molar-refractivity contribution < 1.29 is 4.74 Å². The topological polar surface area (TPSA) is 39.1 Å². The van der Waals surface area contributed by atoms with Gasteiger partial charge < -0.3 is 10.1 Å². The van der Waals surface area contributed by atoms with Crippen molar-refractivity contribution in [2.45, 2.75) is 26.9 Å². The van der Waals surface area contributed by atoms with Crippen molar-refractivity contribution in [2.75, 3.05) is 12.4 Å². The van der Waals surface area contributed by atoms with Crippen LogP contribution in [0.15, 0.2) is 30.5 Å². The van der Waals surface area contributed by atoms with Crippen LogP contribution in [0.3, 0.4) is 0 Å². The van der Waals surface area contributed by atoms with E-state index in [0.717, 1.165) is 35.8 Å². The number of benzene rings is 1. The Morgan fingerprint density at radius 2 is 2.11 bits per heavy atom. The lowest BCUT2D eigenvalue weighted by atomic mass is 10.2. The summed E-state index contributed by atoms with van der Waals surface area (Å²) in [7, 11) is 1.69. The molecule has 0 bridgehead atoms. The average Bonchev–Trinajstić information content (AvgIpc) is 2.77. The predicted octanol–water partition coefficient (Wildman–Crippen LogP) is 2.83. The zero-order chi connectivity index (χ0) is 13.0. The van der Waals surface area contributed by atoms with Gasteiger partial charge in [-0.15, -0.1) is 0 Å². The summed E-state index contributed by atoms with van der Waals surface area (Å²) >= 11 is 0. The number of anilines is 1. The van der Waals surface area contributed by atoms with Gasteiger partial charge in [-0.1, -0.05) is 18.2 Å². The summed E-state index contributed by atoms with van der Waals surface area (Å²) < 4.78 is 7.26. The summed E-state index contributed by atoms with van der Waals surface area (Å²) in [6.45, 7) is 5.71. The number of hydrogen-bond acceptors (Lipinski definition) is 3. The third kappa shape index (κ3) is 2.64. The minimum atomic E-state index is 0.736. The van der Waals surface area contributed by atoms with Gasteiger partial charge in [0.1, 0.15) is 5.75 Å². The standard InChI is InChI=1S/C14H19N3O/c1-4-17-10-13(11(2)16-17)15-9-12-7-5-6-8-14(12)18-3/h5-8,10,15H,4,9H2,1-3H3. The van der Waals surface area contributed by atoms with E-state index in [9.17, 15) is 0 Å². The van der Waals surface area contributed by atoms with Crippen LogP contribution in [0.2, 0.25) is 0 Å². The Balaban J connectivity index is 2.08. The van der Waals surface area contributed by atoms with Gasteiger partial charge in [0.15, 0.2) is 0 Å². The molecule has 4 nitrogen and oxygen atoms in total. The number of aromatic nitrogens is 2. The fourth-order valence-corrected chi connectivity index (χ4v) is 1.89. The summed E-state index contributed by atoms with van der Waals surface area (Å²) in [5.41, 5.74) is 3.23. The van der Waals surface area contributed by atoms with Gasteiger partial charge in [0.05, 0.1) is 18.5 Å². The van der Waals surface area contributed by atoms with Crippen LogP contribution in [0.25, 0.3) is 0 Å². The molecule has 96 valence electrons. The van der Waals surface area contributed by atoms with Crippen molar-refractivity contribution in [1.29, 1.82) is 0 Å². The fourth-order valence-electron chi connectivity index (χ4n) is 1.89. The number of ether oxygens (including phenoxy) is 1. The second-order valence-corrected chi connectivity index (χ2v) is 4.15. The molecule has 1 N–H and O–H groups in total. The lowest BCUT2D eigenvalue weighted by Crippen LogP contribution is -2.01. The van der Waals surface area contributed by atoms with Crippen LogP contribution in [0, 0.1) is 6.92 Å². The summed E-state index contributed by atoms with van der Waals surface area (Å²) in [6, 6.07) is 8.02. The van der Waals surface area contributed by atoms with Gasteiger partial charge >= 0.3 is 0 Å². The molecule has 0 unspecified atom stereocenters. The number of hydrogen-bond donors (Lipinski definition) is 1. The maximum atomic E-state index is 5.33. The molecule has 0 atom stereocenters. The molecule has 0 aliphatic carbocycles. The molecular formula is C14H19N3O. The Hall–Kier alpha value is -1.97. The van der Waals surface area contributed by atoms with Gasteiger partial charge in [-0.05, 0) is 19.9 Å². The Morgan fingerprint density at radius 1 is 1.33 bits per heavy atom. The van der Waals surface area contributed by atoms with Crippen LogP contribution in [-0.2, 0) is 13.1 Å². The van der Waals surface area contributed by atoms with Gasteiger partial charge in [-0.25, -0.2) is 0 Å². The van der Waals surface area contributed by atoms with E-state index in [-0.39, 0.29) is 0 Å². The highest BCUT2D eigenvalue weighted by Gasteiger charge is 2.05. The molecule has 0 saturated heterocycles. The minimum Gasteiger partial charge on any atom is -0.496 e. The van der Waals surface area contributed by atoms with E-state index < -0.39 is 0 Å². The largest absolute Gasteiger partial charge is 0.496 e. The third-order valence-corrected chi connectivity index (χ3v) is 2.93. The molecule has 0 spiro atoms. The summed E-state index contributed by atoms with van der Waals surface area (Å²) in [6.07, 6.45) is 2.03. The lowest BCUT2D eigenvalue weighted by Gasteiger charge is -2.09. The van der Waals surface area contributed by atoms with Gasteiger partial charge in [-0.3, -0.25) is 4.68 Å². The quantitative estimate of drug-likeness (QED) is 0.880. The molecule has 2 aromatic rings. The first kappa shape index (κ1) is 12.5. The van der Waals surface area contributed by atoms with Gasteiger partial charge in [0, 0.05) is 24.8 Å². The Labute approximate surface area is 108 Å². The molecule has 18 heavy (non-hydrogen) atoms. The number of nitrogens with one attached hydrogen (secondary N) is 1. The van der Waals surface area contributed by atoms with Crippen LogP contribution in [-0.4, -0.2) is 16.9 Å². The maximum Gasteiger partial charge on any atom is 0.123 e.